The van der Waals surface area contributed by atoms with Gasteiger partial charge in [-0.3, -0.25) is 4.79 Å². The molecule has 0 atom stereocenters. The van der Waals surface area contributed by atoms with Crippen molar-refractivity contribution in [1.82, 2.24) is 0 Å². The topological polar surface area (TPSA) is 70.6 Å². The zero-order chi connectivity index (χ0) is 14.8. The number of aromatic hydroxyl groups is 1. The molecule has 5 nitrogen and oxygen atoms in total. The number of nitrogens with one attached hydrogen (secondary N) is 2. The Morgan fingerprint density at radius 3 is 2.90 bits per heavy atom. The van der Waals surface area contributed by atoms with Crippen LogP contribution in [0.2, 0.25) is 0 Å². The molecule has 0 bridgehead atoms. The first-order chi connectivity index (χ1) is 10.2. The van der Waals surface area contributed by atoms with E-state index in [0.717, 1.165) is 24.3 Å². The minimum Gasteiger partial charge on any atom is -0.507 e. The number of carbonyl (C=O) groups excluding carboxylic acids is 1. The normalized spacial score (nSPS) is 12.4. The van der Waals surface area contributed by atoms with Gasteiger partial charge in [0.25, 0.3) is 5.91 Å². The predicted molar refractivity (Wildman–Crippen MR) is 81.2 cm³/mol. The van der Waals surface area contributed by atoms with E-state index in [4.69, 9.17) is 4.74 Å². The van der Waals surface area contributed by atoms with Crippen molar-refractivity contribution in [2.24, 2.45) is 0 Å². The van der Waals surface area contributed by atoms with E-state index in [2.05, 4.69) is 10.6 Å². The number of phenols is 1. The maximum absolute atomic E-state index is 12.2. The van der Waals surface area contributed by atoms with Crippen LogP contribution in [0.15, 0.2) is 36.4 Å². The first-order valence-electron chi connectivity index (χ1n) is 6.72. The number of benzene rings is 2. The lowest BCUT2D eigenvalue weighted by molar-refractivity contribution is 0.102. The summed E-state index contributed by atoms with van der Waals surface area (Å²) in [6, 6.07) is 10.3. The second-order valence-corrected chi connectivity index (χ2v) is 4.89. The molecule has 0 unspecified atom stereocenters. The van der Waals surface area contributed by atoms with Gasteiger partial charge in [-0.2, -0.15) is 0 Å². The molecule has 1 aliphatic rings. The SMILES string of the molecule is COc1ccc(C(=O)Nc2ccc3c(c2)CCN3)c(O)c1. The van der Waals surface area contributed by atoms with Crippen LogP contribution >= 0.6 is 0 Å². The number of carbonyl (C=O) groups is 1. The summed E-state index contributed by atoms with van der Waals surface area (Å²) in [5.74, 6) is 0.0587. The van der Waals surface area contributed by atoms with Crippen LogP contribution in [0.4, 0.5) is 11.4 Å². The van der Waals surface area contributed by atoms with E-state index in [1.807, 2.05) is 18.2 Å². The maximum Gasteiger partial charge on any atom is 0.259 e. The van der Waals surface area contributed by atoms with Crippen LogP contribution < -0.4 is 15.4 Å². The largest absolute Gasteiger partial charge is 0.507 e. The number of methoxy groups -OCH3 is 1. The molecular formula is C16H16N2O3. The predicted octanol–water partition coefficient (Wildman–Crippen LogP) is 2.62. The van der Waals surface area contributed by atoms with Crippen LogP contribution in [0.1, 0.15) is 15.9 Å². The molecule has 1 heterocycles. The minimum atomic E-state index is -0.346. The number of amides is 1. The summed E-state index contributed by atoms with van der Waals surface area (Å²) < 4.78 is 5.00. The summed E-state index contributed by atoms with van der Waals surface area (Å²) in [7, 11) is 1.51. The van der Waals surface area contributed by atoms with Crippen molar-refractivity contribution in [3.05, 3.63) is 47.5 Å². The fourth-order valence-electron chi connectivity index (χ4n) is 2.41. The van der Waals surface area contributed by atoms with Crippen LogP contribution in [0.3, 0.4) is 0 Å². The average molecular weight is 284 g/mol. The van der Waals surface area contributed by atoms with Crippen molar-refractivity contribution < 1.29 is 14.6 Å². The Bertz CT molecular complexity index is 698. The van der Waals surface area contributed by atoms with Gasteiger partial charge in [0, 0.05) is 24.0 Å². The van der Waals surface area contributed by atoms with Crippen LogP contribution in [-0.2, 0) is 6.42 Å². The van der Waals surface area contributed by atoms with Crippen LogP contribution in [0.5, 0.6) is 11.5 Å². The Morgan fingerprint density at radius 1 is 1.29 bits per heavy atom. The number of hydrogen-bond acceptors (Lipinski definition) is 4. The summed E-state index contributed by atoms with van der Waals surface area (Å²) in [6.45, 7) is 0.923. The minimum absolute atomic E-state index is 0.102. The molecule has 0 radical (unpaired) electrons. The van der Waals surface area contributed by atoms with Gasteiger partial charge in [0.2, 0.25) is 0 Å². The summed E-state index contributed by atoms with van der Waals surface area (Å²) in [6.07, 6.45) is 0.951. The molecule has 21 heavy (non-hydrogen) atoms. The molecule has 2 aromatic rings. The summed E-state index contributed by atoms with van der Waals surface area (Å²) in [5.41, 5.74) is 3.24. The summed E-state index contributed by atoms with van der Waals surface area (Å²) in [5, 5.41) is 15.9. The number of hydrogen-bond donors (Lipinski definition) is 3. The Labute approximate surface area is 122 Å². The molecule has 0 aliphatic carbocycles. The van der Waals surface area contributed by atoms with Gasteiger partial charge in [0.15, 0.2) is 0 Å². The second kappa shape index (κ2) is 5.36. The fourth-order valence-corrected chi connectivity index (χ4v) is 2.41. The van der Waals surface area contributed by atoms with Crippen LogP contribution in [0.25, 0.3) is 0 Å². The van der Waals surface area contributed by atoms with Crippen molar-refractivity contribution in [2.45, 2.75) is 6.42 Å². The van der Waals surface area contributed by atoms with Crippen molar-refractivity contribution in [1.29, 1.82) is 0 Å². The lowest BCUT2D eigenvalue weighted by atomic mass is 10.1. The van der Waals surface area contributed by atoms with Gasteiger partial charge in [-0.1, -0.05) is 0 Å². The lowest BCUT2D eigenvalue weighted by Gasteiger charge is -2.09. The molecule has 108 valence electrons. The van der Waals surface area contributed by atoms with E-state index < -0.39 is 0 Å². The highest BCUT2D eigenvalue weighted by Gasteiger charge is 2.14. The molecule has 0 saturated heterocycles. The third-order valence-corrected chi connectivity index (χ3v) is 3.52. The monoisotopic (exact) mass is 284 g/mol. The molecule has 0 aromatic heterocycles. The van der Waals surface area contributed by atoms with Gasteiger partial charge in [-0.25, -0.2) is 0 Å². The molecular weight excluding hydrogens is 268 g/mol. The molecule has 0 saturated carbocycles. The van der Waals surface area contributed by atoms with Crippen LogP contribution in [-0.4, -0.2) is 24.7 Å². The number of fused-ring (bicyclic) bond motifs is 1. The average Bonchev–Trinajstić information content (AvgIpc) is 2.94. The van der Waals surface area contributed by atoms with Crippen molar-refractivity contribution >= 4 is 17.3 Å². The van der Waals surface area contributed by atoms with E-state index >= 15 is 0 Å². The first kappa shape index (κ1) is 13.3. The van der Waals surface area contributed by atoms with E-state index in [1.54, 1.807) is 12.1 Å². The molecule has 3 rings (SSSR count). The molecule has 0 spiro atoms. The Hall–Kier alpha value is -2.69. The van der Waals surface area contributed by atoms with Gasteiger partial charge in [0.1, 0.15) is 11.5 Å². The quantitative estimate of drug-likeness (QED) is 0.810. The standard InChI is InChI=1S/C16H16N2O3/c1-21-12-3-4-13(15(19)9-12)16(20)18-11-2-5-14-10(8-11)6-7-17-14/h2-5,8-9,17,19H,6-7H2,1H3,(H,18,20). The van der Waals surface area contributed by atoms with Crippen molar-refractivity contribution in [3.8, 4) is 11.5 Å². The van der Waals surface area contributed by atoms with Crippen molar-refractivity contribution in [2.75, 3.05) is 24.3 Å². The molecule has 1 amide bonds. The highest BCUT2D eigenvalue weighted by molar-refractivity contribution is 6.06. The highest BCUT2D eigenvalue weighted by Crippen LogP contribution is 2.27. The van der Waals surface area contributed by atoms with E-state index in [-0.39, 0.29) is 17.2 Å². The fraction of sp³-hybridized carbons (Fsp3) is 0.188. The van der Waals surface area contributed by atoms with E-state index in [1.165, 1.54) is 18.7 Å². The van der Waals surface area contributed by atoms with Gasteiger partial charge < -0.3 is 20.5 Å². The first-order valence-corrected chi connectivity index (χ1v) is 6.72. The zero-order valence-electron chi connectivity index (χ0n) is 11.6. The zero-order valence-corrected chi connectivity index (χ0v) is 11.6. The highest BCUT2D eigenvalue weighted by atomic mass is 16.5. The molecule has 3 N–H and O–H groups in total. The third kappa shape index (κ3) is 2.63. The number of anilines is 2. The van der Waals surface area contributed by atoms with Gasteiger partial charge in [-0.15, -0.1) is 0 Å². The van der Waals surface area contributed by atoms with Crippen molar-refractivity contribution in [3.63, 3.8) is 0 Å². The lowest BCUT2D eigenvalue weighted by Crippen LogP contribution is -2.12. The third-order valence-electron chi connectivity index (χ3n) is 3.52. The molecule has 2 aromatic carbocycles. The Morgan fingerprint density at radius 2 is 2.14 bits per heavy atom. The Kier molecular flexibility index (Phi) is 3.39. The Balaban J connectivity index is 1.80. The number of phenolic OH excluding ortho intramolecular Hbond substituents is 1. The van der Waals surface area contributed by atoms with Gasteiger partial charge in [0.05, 0.1) is 12.7 Å². The van der Waals surface area contributed by atoms with Gasteiger partial charge >= 0.3 is 0 Å². The molecule has 1 aliphatic heterocycles. The van der Waals surface area contributed by atoms with E-state index in [0.29, 0.717) is 5.75 Å². The summed E-state index contributed by atoms with van der Waals surface area (Å²) in [4.78, 5) is 12.2. The summed E-state index contributed by atoms with van der Waals surface area (Å²) >= 11 is 0. The number of rotatable bonds is 3. The second-order valence-electron chi connectivity index (χ2n) is 4.89. The smallest absolute Gasteiger partial charge is 0.259 e. The number of ether oxygens (including phenoxy) is 1. The van der Waals surface area contributed by atoms with Crippen LogP contribution in [0, 0.1) is 0 Å². The van der Waals surface area contributed by atoms with Gasteiger partial charge in [-0.05, 0) is 42.3 Å². The molecule has 0 fully saturated rings. The maximum atomic E-state index is 12.2. The molecule has 5 heteroatoms. The van der Waals surface area contributed by atoms with E-state index in [9.17, 15) is 9.90 Å².